The third-order valence-electron chi connectivity index (χ3n) is 2.38. The van der Waals surface area contributed by atoms with Crippen LogP contribution in [0.3, 0.4) is 0 Å². The van der Waals surface area contributed by atoms with E-state index in [1.807, 2.05) is 12.1 Å². The van der Waals surface area contributed by atoms with E-state index in [0.717, 1.165) is 5.56 Å². The fourth-order valence-corrected chi connectivity index (χ4v) is 1.92. The molecule has 0 saturated heterocycles. The summed E-state index contributed by atoms with van der Waals surface area (Å²) in [5.41, 5.74) is 1.58. The first-order valence-electron chi connectivity index (χ1n) is 5.29. The number of nitrogens with zero attached hydrogens (tertiary/aromatic N) is 1. The zero-order valence-electron chi connectivity index (χ0n) is 9.36. The van der Waals surface area contributed by atoms with Gasteiger partial charge in [0.05, 0.1) is 5.02 Å². The predicted octanol–water partition coefficient (Wildman–Crippen LogP) is 3.43. The molecule has 0 unspecified atom stereocenters. The van der Waals surface area contributed by atoms with E-state index >= 15 is 0 Å². The molecular formula is C13H10BrClN2O. The number of hydrogen-bond donors (Lipinski definition) is 1. The van der Waals surface area contributed by atoms with Gasteiger partial charge in [-0.15, -0.1) is 0 Å². The molecule has 3 nitrogen and oxygen atoms in total. The van der Waals surface area contributed by atoms with Crippen LogP contribution in [0.5, 0.6) is 0 Å². The number of nitrogens with one attached hydrogen (secondary N) is 1. The lowest BCUT2D eigenvalue weighted by Gasteiger charge is -2.06. The van der Waals surface area contributed by atoms with Crippen LogP contribution in [0, 0.1) is 0 Å². The van der Waals surface area contributed by atoms with Crippen LogP contribution in [0.2, 0.25) is 5.02 Å². The zero-order valence-corrected chi connectivity index (χ0v) is 11.7. The van der Waals surface area contributed by atoms with Crippen LogP contribution in [-0.4, -0.2) is 10.9 Å². The van der Waals surface area contributed by atoms with Crippen molar-refractivity contribution >= 4 is 33.4 Å². The van der Waals surface area contributed by atoms with E-state index in [0.29, 0.717) is 21.6 Å². The van der Waals surface area contributed by atoms with Gasteiger partial charge in [0.15, 0.2) is 0 Å². The van der Waals surface area contributed by atoms with Crippen molar-refractivity contribution < 1.29 is 4.79 Å². The Bertz CT molecular complexity index is 560. The zero-order chi connectivity index (χ0) is 13.0. The third kappa shape index (κ3) is 3.31. The standard InChI is InChI=1S/C13H10BrClN2O/c14-11-7-10(1-2-12(11)15)13(18)17-8-9-3-5-16-6-4-9/h1-7H,8H2,(H,17,18). The first kappa shape index (κ1) is 13.1. The van der Waals surface area contributed by atoms with Gasteiger partial charge in [-0.25, -0.2) is 0 Å². The van der Waals surface area contributed by atoms with Crippen LogP contribution >= 0.6 is 27.5 Å². The van der Waals surface area contributed by atoms with Gasteiger partial charge in [-0.3, -0.25) is 9.78 Å². The summed E-state index contributed by atoms with van der Waals surface area (Å²) >= 11 is 9.16. The molecular weight excluding hydrogens is 316 g/mol. The Morgan fingerprint density at radius 1 is 1.28 bits per heavy atom. The number of carbonyl (C=O) groups excluding carboxylic acids is 1. The average Bonchev–Trinajstić information content (AvgIpc) is 2.40. The molecule has 1 heterocycles. The number of carbonyl (C=O) groups is 1. The van der Waals surface area contributed by atoms with E-state index in [2.05, 4.69) is 26.2 Å². The molecule has 1 aromatic carbocycles. The van der Waals surface area contributed by atoms with E-state index in [1.165, 1.54) is 0 Å². The first-order valence-corrected chi connectivity index (χ1v) is 6.46. The molecule has 0 aliphatic carbocycles. The number of amides is 1. The molecule has 1 aromatic heterocycles. The van der Waals surface area contributed by atoms with Crippen LogP contribution in [0.4, 0.5) is 0 Å². The number of aromatic nitrogens is 1. The Balaban J connectivity index is 2.02. The SMILES string of the molecule is O=C(NCc1ccncc1)c1ccc(Cl)c(Br)c1. The second-order valence-corrected chi connectivity index (χ2v) is 4.93. The fourth-order valence-electron chi connectivity index (χ4n) is 1.42. The third-order valence-corrected chi connectivity index (χ3v) is 3.60. The number of pyridine rings is 1. The molecule has 2 rings (SSSR count). The smallest absolute Gasteiger partial charge is 0.251 e. The van der Waals surface area contributed by atoms with Gasteiger partial charge in [0.2, 0.25) is 0 Å². The normalized spacial score (nSPS) is 10.1. The number of benzene rings is 1. The van der Waals surface area contributed by atoms with Crippen LogP contribution in [0.15, 0.2) is 47.2 Å². The van der Waals surface area contributed by atoms with Crippen molar-refractivity contribution in [3.8, 4) is 0 Å². The Kier molecular flexibility index (Phi) is 4.33. The molecule has 0 bridgehead atoms. The molecule has 0 saturated carbocycles. The highest BCUT2D eigenvalue weighted by atomic mass is 79.9. The summed E-state index contributed by atoms with van der Waals surface area (Å²) in [6, 6.07) is 8.79. The summed E-state index contributed by atoms with van der Waals surface area (Å²) in [5, 5.41) is 3.42. The van der Waals surface area contributed by atoms with Crippen molar-refractivity contribution in [3.05, 3.63) is 63.3 Å². The Morgan fingerprint density at radius 2 is 2.00 bits per heavy atom. The number of halogens is 2. The topological polar surface area (TPSA) is 42.0 Å². The van der Waals surface area contributed by atoms with Gasteiger partial charge in [0.25, 0.3) is 5.91 Å². The average molecular weight is 326 g/mol. The molecule has 18 heavy (non-hydrogen) atoms. The molecule has 1 amide bonds. The lowest BCUT2D eigenvalue weighted by Crippen LogP contribution is -2.22. The van der Waals surface area contributed by atoms with Crippen LogP contribution in [0.1, 0.15) is 15.9 Å². The van der Waals surface area contributed by atoms with Gasteiger partial charge in [-0.1, -0.05) is 11.6 Å². The highest BCUT2D eigenvalue weighted by Gasteiger charge is 2.07. The van der Waals surface area contributed by atoms with Crippen LogP contribution in [0.25, 0.3) is 0 Å². The molecule has 0 spiro atoms. The highest BCUT2D eigenvalue weighted by Crippen LogP contribution is 2.23. The van der Waals surface area contributed by atoms with Crippen molar-refractivity contribution in [2.45, 2.75) is 6.54 Å². The predicted molar refractivity (Wildman–Crippen MR) is 74.6 cm³/mol. The minimum absolute atomic E-state index is 0.135. The fraction of sp³-hybridized carbons (Fsp3) is 0.0769. The molecule has 0 radical (unpaired) electrons. The molecule has 0 aliphatic rings. The Labute approximate surface area is 118 Å². The summed E-state index contributed by atoms with van der Waals surface area (Å²) in [4.78, 5) is 15.8. The molecule has 5 heteroatoms. The molecule has 92 valence electrons. The number of hydrogen-bond acceptors (Lipinski definition) is 2. The van der Waals surface area contributed by atoms with Gasteiger partial charge in [0, 0.05) is 29.0 Å². The summed E-state index contributed by atoms with van der Waals surface area (Å²) in [5.74, 6) is -0.135. The maximum atomic E-state index is 11.9. The maximum Gasteiger partial charge on any atom is 0.251 e. The minimum atomic E-state index is -0.135. The van der Waals surface area contributed by atoms with E-state index in [9.17, 15) is 4.79 Å². The van der Waals surface area contributed by atoms with Crippen molar-refractivity contribution in [1.82, 2.24) is 10.3 Å². The summed E-state index contributed by atoms with van der Waals surface area (Å²) in [7, 11) is 0. The van der Waals surface area contributed by atoms with Gasteiger partial charge < -0.3 is 5.32 Å². The molecule has 1 N–H and O–H groups in total. The summed E-state index contributed by atoms with van der Waals surface area (Å²) in [6.45, 7) is 0.474. The molecule has 0 aliphatic heterocycles. The van der Waals surface area contributed by atoms with E-state index in [-0.39, 0.29) is 5.91 Å². The molecule has 0 atom stereocenters. The van der Waals surface area contributed by atoms with E-state index in [1.54, 1.807) is 30.6 Å². The van der Waals surface area contributed by atoms with Gasteiger partial charge in [-0.2, -0.15) is 0 Å². The lowest BCUT2D eigenvalue weighted by molar-refractivity contribution is 0.0951. The Morgan fingerprint density at radius 3 is 2.67 bits per heavy atom. The van der Waals surface area contributed by atoms with Crippen molar-refractivity contribution in [1.29, 1.82) is 0 Å². The first-order chi connectivity index (χ1) is 8.66. The maximum absolute atomic E-state index is 11.9. The van der Waals surface area contributed by atoms with Crippen molar-refractivity contribution in [2.75, 3.05) is 0 Å². The molecule has 0 fully saturated rings. The van der Waals surface area contributed by atoms with Crippen LogP contribution in [-0.2, 0) is 6.54 Å². The van der Waals surface area contributed by atoms with Gasteiger partial charge >= 0.3 is 0 Å². The van der Waals surface area contributed by atoms with Crippen molar-refractivity contribution in [3.63, 3.8) is 0 Å². The largest absolute Gasteiger partial charge is 0.348 e. The Hall–Kier alpha value is -1.39. The van der Waals surface area contributed by atoms with Crippen LogP contribution < -0.4 is 5.32 Å². The summed E-state index contributed by atoms with van der Waals surface area (Å²) < 4.78 is 0.709. The van der Waals surface area contributed by atoms with Gasteiger partial charge in [0.1, 0.15) is 0 Å². The second kappa shape index (κ2) is 5.98. The van der Waals surface area contributed by atoms with Gasteiger partial charge in [-0.05, 0) is 51.8 Å². The highest BCUT2D eigenvalue weighted by molar-refractivity contribution is 9.10. The minimum Gasteiger partial charge on any atom is -0.348 e. The monoisotopic (exact) mass is 324 g/mol. The van der Waals surface area contributed by atoms with E-state index < -0.39 is 0 Å². The number of rotatable bonds is 3. The quantitative estimate of drug-likeness (QED) is 0.939. The summed E-state index contributed by atoms with van der Waals surface area (Å²) in [6.07, 6.45) is 3.39. The van der Waals surface area contributed by atoms with E-state index in [4.69, 9.17) is 11.6 Å². The lowest BCUT2D eigenvalue weighted by atomic mass is 10.2. The van der Waals surface area contributed by atoms with Crippen molar-refractivity contribution in [2.24, 2.45) is 0 Å². The second-order valence-electron chi connectivity index (χ2n) is 3.67. The molecule has 2 aromatic rings.